The van der Waals surface area contributed by atoms with Gasteiger partial charge in [-0.2, -0.15) is 0 Å². The summed E-state index contributed by atoms with van der Waals surface area (Å²) in [5.74, 6) is 0. The number of rotatable bonds is 3. The third kappa shape index (κ3) is 3.84. The molecule has 0 heterocycles. The zero-order chi connectivity index (χ0) is 6.41. The van der Waals surface area contributed by atoms with E-state index in [1.54, 1.807) is 0 Å². The van der Waals surface area contributed by atoms with Crippen molar-refractivity contribution < 1.29 is 5.11 Å². The van der Waals surface area contributed by atoms with E-state index in [0.717, 1.165) is 6.42 Å². The fraction of sp³-hybridized carbons (Fsp3) is 0.667. The summed E-state index contributed by atoms with van der Waals surface area (Å²) in [7, 11) is 0. The van der Waals surface area contributed by atoms with Gasteiger partial charge in [0.2, 0.25) is 0 Å². The normalized spacial score (nSPS) is 14.9. The molecule has 0 rings (SSSR count). The minimum absolute atomic E-state index is 0.0737. The van der Waals surface area contributed by atoms with Crippen molar-refractivity contribution in [2.75, 3.05) is 6.61 Å². The summed E-state index contributed by atoms with van der Waals surface area (Å²) in [4.78, 5) is 0. The highest BCUT2D eigenvalue weighted by molar-refractivity contribution is 4.81. The van der Waals surface area contributed by atoms with Crippen LogP contribution in [-0.2, 0) is 0 Å². The molecule has 0 bridgehead atoms. The minimum atomic E-state index is -0.0776. The van der Waals surface area contributed by atoms with Crippen LogP contribution in [0.5, 0.6) is 0 Å². The van der Waals surface area contributed by atoms with Gasteiger partial charge in [-0.3, -0.25) is 0 Å². The first-order valence-corrected chi connectivity index (χ1v) is 2.78. The highest BCUT2D eigenvalue weighted by atomic mass is 16.3. The summed E-state index contributed by atoms with van der Waals surface area (Å²) in [6, 6.07) is -0.0776. The highest BCUT2D eigenvalue weighted by Gasteiger charge is 1.92. The van der Waals surface area contributed by atoms with Crippen LogP contribution in [-0.4, -0.2) is 17.8 Å². The van der Waals surface area contributed by atoms with Crippen LogP contribution in [0.2, 0.25) is 0 Å². The maximum atomic E-state index is 8.40. The van der Waals surface area contributed by atoms with E-state index in [4.69, 9.17) is 10.8 Å². The standard InChI is InChI=1S/C6H13NO/c1-2-3-4-6(7)5-8/h2-3,6,8H,4-5,7H2,1H3/b3-2-/t6-/m1/s1. The Kier molecular flexibility index (Phi) is 4.61. The summed E-state index contributed by atoms with van der Waals surface area (Å²) in [5, 5.41) is 8.40. The van der Waals surface area contributed by atoms with Gasteiger partial charge in [-0.15, -0.1) is 0 Å². The minimum Gasteiger partial charge on any atom is -0.395 e. The van der Waals surface area contributed by atoms with Crippen molar-refractivity contribution in [2.45, 2.75) is 19.4 Å². The molecule has 3 N–H and O–H groups in total. The van der Waals surface area contributed by atoms with E-state index in [9.17, 15) is 0 Å². The lowest BCUT2D eigenvalue weighted by Crippen LogP contribution is -2.22. The molecule has 0 fully saturated rings. The van der Waals surface area contributed by atoms with Gasteiger partial charge in [0.15, 0.2) is 0 Å². The van der Waals surface area contributed by atoms with Crippen molar-refractivity contribution in [3.05, 3.63) is 12.2 Å². The second kappa shape index (κ2) is 4.81. The van der Waals surface area contributed by atoms with Crippen molar-refractivity contribution in [1.29, 1.82) is 0 Å². The molecule has 2 nitrogen and oxygen atoms in total. The molecule has 48 valence electrons. The Hall–Kier alpha value is -0.340. The Morgan fingerprint density at radius 3 is 2.75 bits per heavy atom. The molecule has 0 amide bonds. The first-order valence-electron chi connectivity index (χ1n) is 2.78. The van der Waals surface area contributed by atoms with E-state index in [2.05, 4.69) is 0 Å². The van der Waals surface area contributed by atoms with Crippen molar-refractivity contribution in [3.8, 4) is 0 Å². The average molecular weight is 115 g/mol. The molecule has 1 atom stereocenters. The molecule has 0 aromatic carbocycles. The maximum absolute atomic E-state index is 8.40. The summed E-state index contributed by atoms with van der Waals surface area (Å²) in [5.41, 5.74) is 5.36. The molecule has 0 aromatic heterocycles. The quantitative estimate of drug-likeness (QED) is 0.519. The number of hydrogen-bond donors (Lipinski definition) is 2. The topological polar surface area (TPSA) is 46.2 Å². The predicted octanol–water partition coefficient (Wildman–Crippen LogP) is 0.272. The van der Waals surface area contributed by atoms with Crippen molar-refractivity contribution in [3.63, 3.8) is 0 Å². The number of hydrogen-bond acceptors (Lipinski definition) is 2. The Morgan fingerprint density at radius 1 is 1.75 bits per heavy atom. The van der Waals surface area contributed by atoms with Crippen LogP contribution in [0.4, 0.5) is 0 Å². The van der Waals surface area contributed by atoms with Crippen LogP contribution in [0.25, 0.3) is 0 Å². The molecular weight excluding hydrogens is 102 g/mol. The Balaban J connectivity index is 3.10. The van der Waals surface area contributed by atoms with Gasteiger partial charge in [-0.1, -0.05) is 12.2 Å². The molecule has 0 saturated heterocycles. The lowest BCUT2D eigenvalue weighted by atomic mass is 10.2. The van der Waals surface area contributed by atoms with Gasteiger partial charge < -0.3 is 10.8 Å². The van der Waals surface area contributed by atoms with Gasteiger partial charge in [-0.05, 0) is 13.3 Å². The van der Waals surface area contributed by atoms with Gasteiger partial charge in [0.25, 0.3) is 0 Å². The fourth-order valence-electron chi connectivity index (χ4n) is 0.385. The van der Waals surface area contributed by atoms with Crippen molar-refractivity contribution >= 4 is 0 Å². The summed E-state index contributed by atoms with van der Waals surface area (Å²) < 4.78 is 0. The third-order valence-electron chi connectivity index (χ3n) is 0.909. The Labute approximate surface area is 50.0 Å². The number of aliphatic hydroxyl groups excluding tert-OH is 1. The molecule has 0 unspecified atom stereocenters. The first-order chi connectivity index (χ1) is 3.81. The van der Waals surface area contributed by atoms with Crippen molar-refractivity contribution in [2.24, 2.45) is 5.73 Å². The van der Waals surface area contributed by atoms with Gasteiger partial charge in [0, 0.05) is 6.04 Å². The zero-order valence-electron chi connectivity index (χ0n) is 5.17. The number of allylic oxidation sites excluding steroid dienone is 1. The van der Waals surface area contributed by atoms with E-state index >= 15 is 0 Å². The summed E-state index contributed by atoms with van der Waals surface area (Å²) in [6.45, 7) is 2.01. The first kappa shape index (κ1) is 7.66. The second-order valence-electron chi connectivity index (χ2n) is 1.75. The third-order valence-corrected chi connectivity index (χ3v) is 0.909. The largest absolute Gasteiger partial charge is 0.395 e. The van der Waals surface area contributed by atoms with Crippen molar-refractivity contribution in [1.82, 2.24) is 0 Å². The Bertz CT molecular complexity index is 70.9. The Morgan fingerprint density at radius 2 is 2.38 bits per heavy atom. The predicted molar refractivity (Wildman–Crippen MR) is 34.5 cm³/mol. The van der Waals surface area contributed by atoms with Crippen LogP contribution >= 0.6 is 0 Å². The highest BCUT2D eigenvalue weighted by Crippen LogP contribution is 1.86. The summed E-state index contributed by atoms with van der Waals surface area (Å²) >= 11 is 0. The average Bonchev–Trinajstić information content (AvgIpc) is 1.83. The van der Waals surface area contributed by atoms with Crippen LogP contribution in [0, 0.1) is 0 Å². The summed E-state index contributed by atoms with van der Waals surface area (Å²) in [6.07, 6.45) is 4.64. The molecule has 0 saturated carbocycles. The molecule has 2 heteroatoms. The van der Waals surface area contributed by atoms with Crippen LogP contribution in [0.15, 0.2) is 12.2 Å². The van der Waals surface area contributed by atoms with Gasteiger partial charge in [0.1, 0.15) is 0 Å². The molecule has 0 aromatic rings. The van der Waals surface area contributed by atoms with E-state index in [1.807, 2.05) is 19.1 Å². The number of aliphatic hydroxyl groups is 1. The molecular formula is C6H13NO. The molecule has 0 radical (unpaired) electrons. The van der Waals surface area contributed by atoms with E-state index in [0.29, 0.717) is 0 Å². The molecule has 0 aliphatic carbocycles. The van der Waals surface area contributed by atoms with Gasteiger partial charge in [-0.25, -0.2) is 0 Å². The molecule has 0 spiro atoms. The van der Waals surface area contributed by atoms with Gasteiger partial charge >= 0.3 is 0 Å². The van der Waals surface area contributed by atoms with E-state index in [-0.39, 0.29) is 12.6 Å². The molecule has 0 aliphatic heterocycles. The van der Waals surface area contributed by atoms with Crippen LogP contribution < -0.4 is 5.73 Å². The van der Waals surface area contributed by atoms with E-state index in [1.165, 1.54) is 0 Å². The SMILES string of the molecule is C/C=C\C[C@@H](N)CO. The lowest BCUT2D eigenvalue weighted by molar-refractivity contribution is 0.266. The van der Waals surface area contributed by atoms with Crippen LogP contribution in [0.3, 0.4) is 0 Å². The zero-order valence-corrected chi connectivity index (χ0v) is 5.17. The fourth-order valence-corrected chi connectivity index (χ4v) is 0.385. The molecule has 8 heavy (non-hydrogen) atoms. The van der Waals surface area contributed by atoms with Crippen LogP contribution in [0.1, 0.15) is 13.3 Å². The monoisotopic (exact) mass is 115 g/mol. The maximum Gasteiger partial charge on any atom is 0.0585 e. The lowest BCUT2D eigenvalue weighted by Gasteiger charge is -2.00. The number of nitrogens with two attached hydrogens (primary N) is 1. The smallest absolute Gasteiger partial charge is 0.0585 e. The molecule has 0 aliphatic rings. The van der Waals surface area contributed by atoms with E-state index < -0.39 is 0 Å². The van der Waals surface area contributed by atoms with Gasteiger partial charge in [0.05, 0.1) is 6.61 Å². The second-order valence-corrected chi connectivity index (χ2v) is 1.75.